The molecule has 23 heavy (non-hydrogen) atoms. The van der Waals surface area contributed by atoms with E-state index in [1.807, 2.05) is 42.6 Å². The first kappa shape index (κ1) is 19.2. The van der Waals surface area contributed by atoms with Crippen molar-refractivity contribution in [2.75, 3.05) is 11.5 Å². The van der Waals surface area contributed by atoms with Crippen molar-refractivity contribution >= 4 is 33.5 Å². The molecule has 1 heterocycles. The minimum Gasteiger partial charge on any atom is -0.208 e. The second-order valence-corrected chi connectivity index (χ2v) is 11.8. The van der Waals surface area contributed by atoms with Gasteiger partial charge in [-0.2, -0.15) is 0 Å². The summed E-state index contributed by atoms with van der Waals surface area (Å²) in [5.74, 6) is 2.59. The van der Waals surface area contributed by atoms with Gasteiger partial charge in [0, 0.05) is 6.04 Å². The first-order valence-electron chi connectivity index (χ1n) is 8.09. The minimum atomic E-state index is -3.47. The van der Waals surface area contributed by atoms with Gasteiger partial charge in [-0.3, -0.25) is 0 Å². The van der Waals surface area contributed by atoms with E-state index in [-0.39, 0.29) is 16.0 Å². The maximum atomic E-state index is 12.7. The molecule has 0 aromatic heterocycles. The predicted molar refractivity (Wildman–Crippen MR) is 103 cm³/mol. The van der Waals surface area contributed by atoms with Gasteiger partial charge in [-0.05, 0) is 56.2 Å². The Hall–Kier alpha value is -0.170. The summed E-state index contributed by atoms with van der Waals surface area (Å²) >= 11 is 3.93. The molecule has 3 nitrogen and oxygen atoms in total. The van der Waals surface area contributed by atoms with E-state index >= 15 is 0 Å². The van der Waals surface area contributed by atoms with Gasteiger partial charge in [-0.25, -0.2) is 13.1 Å². The van der Waals surface area contributed by atoms with E-state index in [1.165, 1.54) is 17.9 Å². The lowest BCUT2D eigenvalue weighted by atomic mass is 10.0. The highest BCUT2D eigenvalue weighted by Crippen LogP contribution is 2.45. The third kappa shape index (κ3) is 5.41. The number of nitrogens with one attached hydrogen (secondary N) is 1. The van der Waals surface area contributed by atoms with E-state index in [0.29, 0.717) is 4.90 Å². The molecule has 6 heteroatoms. The number of hydrogen-bond donors (Lipinski definition) is 1. The van der Waals surface area contributed by atoms with Crippen molar-refractivity contribution in [1.29, 1.82) is 0 Å². The number of aryl methyl sites for hydroxylation is 1. The van der Waals surface area contributed by atoms with Crippen LogP contribution in [0.5, 0.6) is 0 Å². The molecule has 1 aliphatic heterocycles. The van der Waals surface area contributed by atoms with E-state index in [9.17, 15) is 8.42 Å². The summed E-state index contributed by atoms with van der Waals surface area (Å²) in [5.41, 5.74) is 1.06. The van der Waals surface area contributed by atoms with Gasteiger partial charge in [0.1, 0.15) is 0 Å². The maximum Gasteiger partial charge on any atom is 0.240 e. The van der Waals surface area contributed by atoms with Crippen molar-refractivity contribution in [1.82, 2.24) is 4.72 Å². The van der Waals surface area contributed by atoms with Crippen LogP contribution in [0.3, 0.4) is 0 Å². The average molecular weight is 374 g/mol. The molecule has 0 radical (unpaired) electrons. The van der Waals surface area contributed by atoms with Crippen molar-refractivity contribution in [3.63, 3.8) is 0 Å². The second-order valence-electron chi connectivity index (χ2n) is 6.67. The lowest BCUT2D eigenvalue weighted by molar-refractivity contribution is 0.416. The normalized spacial score (nSPS) is 19.7. The second kappa shape index (κ2) is 7.81. The van der Waals surface area contributed by atoms with E-state index in [2.05, 4.69) is 25.5 Å². The Morgan fingerprint density at radius 3 is 2.26 bits per heavy atom. The Labute approximate surface area is 149 Å². The first-order valence-corrected chi connectivity index (χ1v) is 11.5. The summed E-state index contributed by atoms with van der Waals surface area (Å²) < 4.78 is 28.4. The number of sulfonamides is 1. The maximum absolute atomic E-state index is 12.7. The molecule has 1 N–H and O–H groups in total. The zero-order valence-corrected chi connectivity index (χ0v) is 16.8. The Morgan fingerprint density at radius 2 is 1.74 bits per heavy atom. The van der Waals surface area contributed by atoms with Crippen LogP contribution in [0.2, 0.25) is 0 Å². The number of hydrogen-bond acceptors (Lipinski definition) is 4. The molecular formula is C17H27NO2S3. The van der Waals surface area contributed by atoms with Gasteiger partial charge in [0.2, 0.25) is 10.0 Å². The molecule has 1 saturated heterocycles. The van der Waals surface area contributed by atoms with E-state index in [1.54, 1.807) is 12.1 Å². The monoisotopic (exact) mass is 373 g/mol. The van der Waals surface area contributed by atoms with Crippen LogP contribution < -0.4 is 4.72 Å². The van der Waals surface area contributed by atoms with Crippen molar-refractivity contribution in [2.45, 2.75) is 55.6 Å². The highest BCUT2D eigenvalue weighted by molar-refractivity contribution is 8.18. The molecule has 0 unspecified atom stereocenters. The molecular weight excluding hydrogens is 346 g/mol. The fourth-order valence-electron chi connectivity index (χ4n) is 2.59. The van der Waals surface area contributed by atoms with Gasteiger partial charge in [-0.15, -0.1) is 23.5 Å². The lowest BCUT2D eigenvalue weighted by Gasteiger charge is -2.36. The Kier molecular flexibility index (Phi) is 6.50. The number of rotatable bonds is 6. The zero-order chi connectivity index (χ0) is 17.1. The lowest BCUT2D eigenvalue weighted by Crippen LogP contribution is -2.42. The molecule has 0 aliphatic carbocycles. The van der Waals surface area contributed by atoms with Crippen LogP contribution in [0, 0.1) is 12.8 Å². The van der Waals surface area contributed by atoms with Gasteiger partial charge in [0.15, 0.2) is 0 Å². The van der Waals surface area contributed by atoms with Crippen molar-refractivity contribution in [2.24, 2.45) is 5.92 Å². The summed E-state index contributed by atoms with van der Waals surface area (Å²) in [4.78, 5) is 0.350. The minimum absolute atomic E-state index is 0.0515. The topological polar surface area (TPSA) is 46.2 Å². The van der Waals surface area contributed by atoms with Crippen molar-refractivity contribution in [3.05, 3.63) is 29.8 Å². The highest BCUT2D eigenvalue weighted by atomic mass is 32.2. The standard InChI is InChI=1S/C17H27NO2S3/c1-13(2)16(12-17(4)21-10-5-11-22-17)18-23(19,20)15-8-6-14(3)7-9-15/h6-9,13,16,18H,5,10-12H2,1-4H3/t16-/m1/s1. The fourth-order valence-corrected chi connectivity index (χ4v) is 7.03. The predicted octanol–water partition coefficient (Wildman–Crippen LogP) is 4.27. The van der Waals surface area contributed by atoms with Gasteiger partial charge in [0.05, 0.1) is 8.97 Å². The van der Waals surface area contributed by atoms with E-state index < -0.39 is 10.0 Å². The Bertz CT molecular complexity index is 605. The van der Waals surface area contributed by atoms with Crippen LogP contribution in [0.4, 0.5) is 0 Å². The van der Waals surface area contributed by atoms with Crippen LogP contribution in [0.15, 0.2) is 29.2 Å². The summed E-state index contributed by atoms with van der Waals surface area (Å²) in [5, 5.41) is 0. The molecule has 0 amide bonds. The van der Waals surface area contributed by atoms with Crippen LogP contribution in [-0.2, 0) is 10.0 Å². The molecule has 0 saturated carbocycles. The largest absolute Gasteiger partial charge is 0.240 e. The van der Waals surface area contributed by atoms with Crippen LogP contribution in [-0.4, -0.2) is 30.0 Å². The molecule has 130 valence electrons. The summed E-state index contributed by atoms with van der Waals surface area (Å²) in [7, 11) is -3.47. The number of benzene rings is 1. The van der Waals surface area contributed by atoms with Crippen LogP contribution in [0.25, 0.3) is 0 Å². The van der Waals surface area contributed by atoms with Gasteiger partial charge < -0.3 is 0 Å². The molecule has 1 aromatic rings. The Morgan fingerprint density at radius 1 is 1.17 bits per heavy atom. The SMILES string of the molecule is Cc1ccc(S(=O)(=O)N[C@H](CC2(C)SCCCS2)C(C)C)cc1. The van der Waals surface area contributed by atoms with E-state index in [4.69, 9.17) is 0 Å². The van der Waals surface area contributed by atoms with Crippen molar-refractivity contribution < 1.29 is 8.42 Å². The third-order valence-corrected chi connectivity index (χ3v) is 8.89. The average Bonchev–Trinajstić information content (AvgIpc) is 2.47. The van der Waals surface area contributed by atoms with Crippen molar-refractivity contribution in [3.8, 4) is 0 Å². The van der Waals surface area contributed by atoms with Gasteiger partial charge in [-0.1, -0.05) is 31.5 Å². The molecule has 2 rings (SSSR count). The zero-order valence-electron chi connectivity index (χ0n) is 14.3. The van der Waals surface area contributed by atoms with E-state index in [0.717, 1.165) is 12.0 Å². The fraction of sp³-hybridized carbons (Fsp3) is 0.647. The van der Waals surface area contributed by atoms with Gasteiger partial charge >= 0.3 is 0 Å². The molecule has 1 fully saturated rings. The van der Waals surface area contributed by atoms with Crippen LogP contribution in [0.1, 0.15) is 39.2 Å². The molecule has 0 spiro atoms. The third-order valence-electron chi connectivity index (χ3n) is 4.14. The van der Waals surface area contributed by atoms with Gasteiger partial charge in [0.25, 0.3) is 0 Å². The van der Waals surface area contributed by atoms with Crippen LogP contribution >= 0.6 is 23.5 Å². The summed E-state index contributed by atoms with van der Waals surface area (Å²) in [6.07, 6.45) is 2.09. The first-order chi connectivity index (χ1) is 10.7. The molecule has 1 atom stereocenters. The summed E-state index contributed by atoms with van der Waals surface area (Å²) in [6, 6.07) is 6.99. The Balaban J connectivity index is 2.13. The quantitative estimate of drug-likeness (QED) is 0.809. The smallest absolute Gasteiger partial charge is 0.208 e. The molecule has 0 bridgehead atoms. The summed E-state index contributed by atoms with van der Waals surface area (Å²) in [6.45, 7) is 8.38. The highest BCUT2D eigenvalue weighted by Gasteiger charge is 2.34. The molecule has 1 aromatic carbocycles. The number of thioether (sulfide) groups is 2. The molecule has 1 aliphatic rings.